The first-order valence-electron chi connectivity index (χ1n) is 7.44. The van der Waals surface area contributed by atoms with E-state index in [0.717, 1.165) is 29.2 Å². The van der Waals surface area contributed by atoms with Crippen molar-refractivity contribution >= 4 is 34.6 Å². The first-order chi connectivity index (χ1) is 11.1. The smallest absolute Gasteiger partial charge is 0.271 e. The van der Waals surface area contributed by atoms with Crippen LogP contribution < -0.4 is 10.3 Å². The van der Waals surface area contributed by atoms with Crippen LogP contribution in [0.1, 0.15) is 35.0 Å². The van der Waals surface area contributed by atoms with Gasteiger partial charge >= 0.3 is 0 Å². The number of rotatable bonds is 4. The molecule has 0 radical (unpaired) electrons. The lowest BCUT2D eigenvalue weighted by molar-refractivity contribution is -0.117. The minimum Gasteiger partial charge on any atom is -0.312 e. The van der Waals surface area contributed by atoms with Crippen LogP contribution in [0.5, 0.6) is 0 Å². The van der Waals surface area contributed by atoms with E-state index in [1.165, 1.54) is 0 Å². The molecule has 1 aliphatic rings. The Hall–Kier alpha value is -2.47. The summed E-state index contributed by atoms with van der Waals surface area (Å²) >= 11 is 1.58. The van der Waals surface area contributed by atoms with Gasteiger partial charge in [-0.2, -0.15) is 5.10 Å². The number of nitrogens with one attached hydrogen (secondary N) is 1. The van der Waals surface area contributed by atoms with E-state index in [0.29, 0.717) is 12.0 Å². The number of nitrogens with zero attached hydrogens (tertiary/aromatic N) is 2. The standard InChI is InChI=1S/C17H17N3O2S/c1-12(15-4-3-11-23-15)18-19-17(22)13-6-8-14(9-7-13)20-10-2-5-16(20)21/h3-4,6-9,11H,2,5,10H2,1H3,(H,19,22). The van der Waals surface area contributed by atoms with Gasteiger partial charge in [-0.15, -0.1) is 11.3 Å². The molecule has 2 aromatic rings. The van der Waals surface area contributed by atoms with Gasteiger partial charge < -0.3 is 4.90 Å². The molecule has 0 unspecified atom stereocenters. The molecule has 2 amide bonds. The second kappa shape index (κ2) is 6.75. The molecule has 1 aliphatic heterocycles. The van der Waals surface area contributed by atoms with Gasteiger partial charge in [0.25, 0.3) is 5.91 Å². The van der Waals surface area contributed by atoms with Crippen molar-refractivity contribution < 1.29 is 9.59 Å². The van der Waals surface area contributed by atoms with Gasteiger partial charge in [-0.3, -0.25) is 9.59 Å². The quantitative estimate of drug-likeness (QED) is 0.693. The maximum atomic E-state index is 12.1. The summed E-state index contributed by atoms with van der Waals surface area (Å²) in [5, 5.41) is 6.08. The molecule has 0 bridgehead atoms. The lowest BCUT2D eigenvalue weighted by Crippen LogP contribution is -2.24. The number of hydrogen-bond acceptors (Lipinski definition) is 4. The number of carbonyl (C=O) groups is 2. The highest BCUT2D eigenvalue weighted by Crippen LogP contribution is 2.21. The molecule has 3 rings (SSSR count). The van der Waals surface area contributed by atoms with Gasteiger partial charge in [0.05, 0.1) is 5.71 Å². The van der Waals surface area contributed by atoms with E-state index >= 15 is 0 Å². The average Bonchev–Trinajstić information content (AvgIpc) is 3.24. The molecule has 0 saturated carbocycles. The second-order valence-electron chi connectivity index (χ2n) is 5.31. The maximum Gasteiger partial charge on any atom is 0.271 e. The molecule has 1 aromatic heterocycles. The molecule has 1 fully saturated rings. The first-order valence-corrected chi connectivity index (χ1v) is 8.32. The molecular weight excluding hydrogens is 310 g/mol. The van der Waals surface area contributed by atoms with Crippen LogP contribution in [-0.4, -0.2) is 24.1 Å². The molecule has 5 nitrogen and oxygen atoms in total. The van der Waals surface area contributed by atoms with Crippen LogP contribution in [-0.2, 0) is 4.79 Å². The van der Waals surface area contributed by atoms with Crippen molar-refractivity contribution in [2.45, 2.75) is 19.8 Å². The number of hydrogen-bond donors (Lipinski definition) is 1. The van der Waals surface area contributed by atoms with Gasteiger partial charge in [-0.25, -0.2) is 5.43 Å². The summed E-state index contributed by atoms with van der Waals surface area (Å²) < 4.78 is 0. The van der Waals surface area contributed by atoms with Crippen molar-refractivity contribution in [1.29, 1.82) is 0 Å². The Kier molecular flexibility index (Phi) is 4.52. The van der Waals surface area contributed by atoms with E-state index in [-0.39, 0.29) is 11.8 Å². The summed E-state index contributed by atoms with van der Waals surface area (Å²) in [7, 11) is 0. The Morgan fingerprint density at radius 3 is 2.65 bits per heavy atom. The molecule has 6 heteroatoms. The van der Waals surface area contributed by atoms with E-state index in [4.69, 9.17) is 0 Å². The molecule has 23 heavy (non-hydrogen) atoms. The number of anilines is 1. The predicted molar refractivity (Wildman–Crippen MR) is 92.0 cm³/mol. The van der Waals surface area contributed by atoms with Gasteiger partial charge in [-0.1, -0.05) is 6.07 Å². The van der Waals surface area contributed by atoms with E-state index < -0.39 is 0 Å². The van der Waals surface area contributed by atoms with Crippen LogP contribution in [0.3, 0.4) is 0 Å². The molecule has 0 atom stereocenters. The van der Waals surface area contributed by atoms with Gasteiger partial charge in [0.1, 0.15) is 0 Å². The molecule has 1 aromatic carbocycles. The molecule has 0 aliphatic carbocycles. The van der Waals surface area contributed by atoms with Crippen LogP contribution in [0.15, 0.2) is 46.9 Å². The summed E-state index contributed by atoms with van der Waals surface area (Å²) in [6.45, 7) is 2.60. The van der Waals surface area contributed by atoms with Gasteiger partial charge in [0, 0.05) is 29.1 Å². The average molecular weight is 327 g/mol. The topological polar surface area (TPSA) is 61.8 Å². The monoisotopic (exact) mass is 327 g/mol. The maximum absolute atomic E-state index is 12.1. The van der Waals surface area contributed by atoms with Crippen LogP contribution >= 0.6 is 11.3 Å². The van der Waals surface area contributed by atoms with E-state index in [2.05, 4.69) is 10.5 Å². The zero-order chi connectivity index (χ0) is 16.2. The summed E-state index contributed by atoms with van der Waals surface area (Å²) in [6.07, 6.45) is 1.48. The summed E-state index contributed by atoms with van der Waals surface area (Å²) in [5.74, 6) is -0.126. The van der Waals surface area contributed by atoms with Crippen molar-refractivity contribution in [3.8, 4) is 0 Å². The third kappa shape index (κ3) is 3.48. The Morgan fingerprint density at radius 2 is 2.04 bits per heavy atom. The van der Waals surface area contributed by atoms with Crippen LogP contribution in [0, 0.1) is 0 Å². The van der Waals surface area contributed by atoms with Crippen molar-refractivity contribution in [2.75, 3.05) is 11.4 Å². The summed E-state index contributed by atoms with van der Waals surface area (Å²) in [6, 6.07) is 10.9. The largest absolute Gasteiger partial charge is 0.312 e. The van der Waals surface area contributed by atoms with Gasteiger partial charge in [0.2, 0.25) is 5.91 Å². The second-order valence-corrected chi connectivity index (χ2v) is 6.26. The van der Waals surface area contributed by atoms with Crippen molar-refractivity contribution in [3.05, 3.63) is 52.2 Å². The van der Waals surface area contributed by atoms with Crippen molar-refractivity contribution in [1.82, 2.24) is 5.43 Å². The number of carbonyl (C=O) groups excluding carboxylic acids is 2. The number of hydrazone groups is 1. The van der Waals surface area contributed by atoms with Gasteiger partial charge in [-0.05, 0) is 49.1 Å². The Labute approximate surface area is 138 Å². The molecule has 1 N–H and O–H groups in total. The molecule has 0 spiro atoms. The number of amides is 2. The Balaban J connectivity index is 1.66. The normalized spacial score (nSPS) is 15.1. The molecule has 2 heterocycles. The van der Waals surface area contributed by atoms with Crippen molar-refractivity contribution in [2.24, 2.45) is 5.10 Å². The lowest BCUT2D eigenvalue weighted by atomic mass is 10.2. The Bertz CT molecular complexity index is 736. The fraction of sp³-hybridized carbons (Fsp3) is 0.235. The highest BCUT2D eigenvalue weighted by atomic mass is 32.1. The highest BCUT2D eigenvalue weighted by molar-refractivity contribution is 7.12. The SMILES string of the molecule is CC(=NNC(=O)c1ccc(N2CCCC2=O)cc1)c1cccs1. The lowest BCUT2D eigenvalue weighted by Gasteiger charge is -2.15. The van der Waals surface area contributed by atoms with Crippen molar-refractivity contribution in [3.63, 3.8) is 0 Å². The minimum atomic E-state index is -0.264. The van der Waals surface area contributed by atoms with Crippen LogP contribution in [0.2, 0.25) is 0 Å². The van der Waals surface area contributed by atoms with Crippen LogP contribution in [0.4, 0.5) is 5.69 Å². The Morgan fingerprint density at radius 1 is 1.26 bits per heavy atom. The highest BCUT2D eigenvalue weighted by Gasteiger charge is 2.21. The zero-order valence-corrected chi connectivity index (χ0v) is 13.6. The third-order valence-electron chi connectivity index (χ3n) is 3.72. The first kappa shape index (κ1) is 15.4. The van der Waals surface area contributed by atoms with Crippen LogP contribution in [0.25, 0.3) is 0 Å². The number of thiophene rings is 1. The third-order valence-corrected chi connectivity index (χ3v) is 4.70. The van der Waals surface area contributed by atoms with Gasteiger partial charge in [0.15, 0.2) is 0 Å². The fourth-order valence-electron chi connectivity index (χ4n) is 2.45. The fourth-order valence-corrected chi connectivity index (χ4v) is 3.13. The molecular formula is C17H17N3O2S. The zero-order valence-electron chi connectivity index (χ0n) is 12.8. The number of benzene rings is 1. The molecule has 1 saturated heterocycles. The van der Waals surface area contributed by atoms with E-state index in [1.807, 2.05) is 24.4 Å². The predicted octanol–water partition coefficient (Wildman–Crippen LogP) is 3.03. The van der Waals surface area contributed by atoms with E-state index in [9.17, 15) is 9.59 Å². The summed E-state index contributed by atoms with van der Waals surface area (Å²) in [5.41, 5.74) is 4.68. The van der Waals surface area contributed by atoms with E-state index in [1.54, 1.807) is 40.5 Å². The minimum absolute atomic E-state index is 0.137. The molecule has 118 valence electrons. The summed E-state index contributed by atoms with van der Waals surface area (Å²) in [4.78, 5) is 26.6.